The van der Waals surface area contributed by atoms with Crippen LogP contribution in [0.1, 0.15) is 26.7 Å². The molecule has 2 aromatic rings. The van der Waals surface area contributed by atoms with Crippen LogP contribution < -0.4 is 9.62 Å². The first-order valence-corrected chi connectivity index (χ1v) is 11.4. The normalized spacial score (nSPS) is 11.2. The molecule has 0 atom stereocenters. The average Bonchev–Trinajstić information content (AvgIpc) is 2.69. The summed E-state index contributed by atoms with van der Waals surface area (Å²) >= 11 is 11.7. The van der Waals surface area contributed by atoms with Crippen molar-refractivity contribution in [3.63, 3.8) is 0 Å². The molecule has 0 aliphatic heterocycles. The minimum absolute atomic E-state index is 0.0439. The van der Waals surface area contributed by atoms with Crippen LogP contribution in [0, 0.1) is 20.2 Å². The van der Waals surface area contributed by atoms with Crippen LogP contribution in [0.25, 0.3) is 0 Å². The van der Waals surface area contributed by atoms with Gasteiger partial charge in [0.15, 0.2) is 5.69 Å². The van der Waals surface area contributed by atoms with Crippen molar-refractivity contribution in [1.82, 2.24) is 0 Å². The molecule has 0 amide bonds. The molecule has 1 N–H and O–H groups in total. The zero-order valence-electron chi connectivity index (χ0n) is 16.7. The molecule has 168 valence electrons. The van der Waals surface area contributed by atoms with Crippen LogP contribution in [0.4, 0.5) is 22.7 Å². The number of rotatable bonds is 10. The quantitative estimate of drug-likeness (QED) is 0.355. The summed E-state index contributed by atoms with van der Waals surface area (Å²) in [5.74, 6) is 0. The van der Waals surface area contributed by atoms with E-state index in [-0.39, 0.29) is 21.4 Å². The molecule has 10 nitrogen and oxygen atoms in total. The van der Waals surface area contributed by atoms with Crippen LogP contribution in [-0.4, -0.2) is 31.4 Å². The monoisotopic (exact) mass is 490 g/mol. The van der Waals surface area contributed by atoms with Gasteiger partial charge in [0.2, 0.25) is 0 Å². The molecular formula is C18H20Cl2N4O6S. The molecule has 0 heterocycles. The highest BCUT2D eigenvalue weighted by Gasteiger charge is 2.33. The van der Waals surface area contributed by atoms with Crippen molar-refractivity contribution in [2.24, 2.45) is 0 Å². The maximum absolute atomic E-state index is 12.8. The van der Waals surface area contributed by atoms with Crippen LogP contribution in [-0.2, 0) is 10.0 Å². The summed E-state index contributed by atoms with van der Waals surface area (Å²) in [5.41, 5.74) is -1.49. The minimum Gasteiger partial charge on any atom is -0.360 e. The Labute approximate surface area is 189 Å². The Morgan fingerprint density at radius 3 is 1.87 bits per heavy atom. The van der Waals surface area contributed by atoms with E-state index in [4.69, 9.17) is 23.2 Å². The van der Waals surface area contributed by atoms with E-state index in [1.165, 1.54) is 23.1 Å². The number of nitro benzene ring substituents is 2. The molecule has 0 aliphatic carbocycles. The number of nitrogens with one attached hydrogen (secondary N) is 1. The summed E-state index contributed by atoms with van der Waals surface area (Å²) < 4.78 is 27.9. The number of sulfonamides is 1. The van der Waals surface area contributed by atoms with Gasteiger partial charge in [-0.2, -0.15) is 0 Å². The fraction of sp³-hybridized carbons (Fsp3) is 0.333. The lowest BCUT2D eigenvalue weighted by Gasteiger charge is -2.23. The van der Waals surface area contributed by atoms with E-state index >= 15 is 0 Å². The first kappa shape index (κ1) is 24.6. The Hall–Kier alpha value is -2.63. The summed E-state index contributed by atoms with van der Waals surface area (Å²) in [6.07, 6.45) is 1.18. The van der Waals surface area contributed by atoms with Gasteiger partial charge in [0, 0.05) is 25.2 Å². The number of hydrogen-bond donors (Lipinski definition) is 1. The van der Waals surface area contributed by atoms with Crippen molar-refractivity contribution in [2.45, 2.75) is 31.6 Å². The molecule has 2 rings (SSSR count). The Kier molecular flexibility index (Phi) is 8.04. The second-order valence-corrected chi connectivity index (χ2v) is 9.04. The van der Waals surface area contributed by atoms with Crippen LogP contribution in [0.5, 0.6) is 0 Å². The summed E-state index contributed by atoms with van der Waals surface area (Å²) in [6, 6.07) is 5.60. The number of nitrogens with zero attached hydrogens (tertiary/aromatic N) is 3. The first-order chi connectivity index (χ1) is 14.5. The smallest absolute Gasteiger partial charge is 0.301 e. The second-order valence-electron chi connectivity index (χ2n) is 6.55. The SMILES string of the molecule is CCCN(CCC)c1c([N+](=O)[O-])cc(S(=O)(=O)Nc2ccc(Cl)c(Cl)c2)cc1[N+](=O)[O-]. The number of anilines is 2. The molecule has 0 saturated heterocycles. The van der Waals surface area contributed by atoms with Crippen molar-refractivity contribution in [1.29, 1.82) is 0 Å². The van der Waals surface area contributed by atoms with Gasteiger partial charge in [-0.3, -0.25) is 25.0 Å². The van der Waals surface area contributed by atoms with Crippen molar-refractivity contribution < 1.29 is 18.3 Å². The number of benzene rings is 2. The van der Waals surface area contributed by atoms with Crippen molar-refractivity contribution in [3.05, 3.63) is 60.6 Å². The van der Waals surface area contributed by atoms with E-state index in [9.17, 15) is 28.6 Å². The van der Waals surface area contributed by atoms with E-state index in [2.05, 4.69) is 4.72 Å². The Bertz CT molecular complexity index is 1070. The third-order valence-electron chi connectivity index (χ3n) is 4.22. The van der Waals surface area contributed by atoms with E-state index < -0.39 is 36.1 Å². The predicted octanol–water partition coefficient (Wildman–Crippen LogP) is 5.24. The Balaban J connectivity index is 2.67. The molecule has 0 bridgehead atoms. The molecule has 0 saturated carbocycles. The number of hydrogen-bond acceptors (Lipinski definition) is 7. The summed E-state index contributed by atoms with van der Waals surface area (Å²) in [7, 11) is -4.40. The molecule has 0 aliphatic rings. The summed E-state index contributed by atoms with van der Waals surface area (Å²) in [6.45, 7) is 4.34. The van der Waals surface area contributed by atoms with Crippen LogP contribution in [0.15, 0.2) is 35.2 Å². The van der Waals surface area contributed by atoms with Crippen LogP contribution >= 0.6 is 23.2 Å². The van der Waals surface area contributed by atoms with Gasteiger partial charge in [0.1, 0.15) is 4.90 Å². The Morgan fingerprint density at radius 2 is 1.45 bits per heavy atom. The van der Waals surface area contributed by atoms with E-state index in [1.54, 1.807) is 0 Å². The van der Waals surface area contributed by atoms with Gasteiger partial charge in [0.05, 0.1) is 25.6 Å². The van der Waals surface area contributed by atoms with Gasteiger partial charge >= 0.3 is 11.4 Å². The molecule has 0 radical (unpaired) electrons. The number of halogens is 2. The molecule has 0 spiro atoms. The topological polar surface area (TPSA) is 136 Å². The maximum atomic E-state index is 12.8. The van der Waals surface area contributed by atoms with Gasteiger partial charge in [-0.1, -0.05) is 37.0 Å². The standard InChI is InChI=1S/C18H20Cl2N4O6S/c1-3-7-22(8-4-2)18-16(23(25)26)10-13(11-17(18)24(27)28)31(29,30)21-12-5-6-14(19)15(20)9-12/h5-6,9-11,21H,3-4,7-8H2,1-2H3. The van der Waals surface area contributed by atoms with Gasteiger partial charge < -0.3 is 4.90 Å². The van der Waals surface area contributed by atoms with Gasteiger partial charge in [-0.05, 0) is 31.0 Å². The van der Waals surface area contributed by atoms with E-state index in [0.717, 1.165) is 12.1 Å². The first-order valence-electron chi connectivity index (χ1n) is 9.21. The van der Waals surface area contributed by atoms with Crippen LogP contribution in [0.2, 0.25) is 10.0 Å². The number of nitro groups is 2. The zero-order chi connectivity index (χ0) is 23.3. The molecule has 2 aromatic carbocycles. The van der Waals surface area contributed by atoms with Gasteiger partial charge in [-0.25, -0.2) is 8.42 Å². The minimum atomic E-state index is -4.40. The molecular weight excluding hydrogens is 471 g/mol. The highest BCUT2D eigenvalue weighted by Crippen LogP contribution is 2.40. The average molecular weight is 491 g/mol. The second kappa shape index (κ2) is 10.1. The maximum Gasteiger partial charge on any atom is 0.301 e. The molecule has 13 heteroatoms. The lowest BCUT2D eigenvalue weighted by Crippen LogP contribution is -2.27. The van der Waals surface area contributed by atoms with E-state index in [1.807, 2.05) is 13.8 Å². The highest BCUT2D eigenvalue weighted by molar-refractivity contribution is 7.92. The predicted molar refractivity (Wildman–Crippen MR) is 120 cm³/mol. The van der Waals surface area contributed by atoms with Gasteiger partial charge in [-0.15, -0.1) is 0 Å². The highest BCUT2D eigenvalue weighted by atomic mass is 35.5. The lowest BCUT2D eigenvalue weighted by molar-refractivity contribution is -0.393. The van der Waals surface area contributed by atoms with Crippen LogP contribution in [0.3, 0.4) is 0 Å². The summed E-state index contributed by atoms with van der Waals surface area (Å²) in [5, 5.41) is 23.8. The van der Waals surface area contributed by atoms with Crippen molar-refractivity contribution in [2.75, 3.05) is 22.7 Å². The molecule has 0 aromatic heterocycles. The Morgan fingerprint density at radius 1 is 0.935 bits per heavy atom. The third kappa shape index (κ3) is 5.75. The molecule has 0 fully saturated rings. The van der Waals surface area contributed by atoms with Gasteiger partial charge in [0.25, 0.3) is 10.0 Å². The fourth-order valence-corrected chi connectivity index (χ4v) is 4.37. The van der Waals surface area contributed by atoms with E-state index in [0.29, 0.717) is 25.9 Å². The largest absolute Gasteiger partial charge is 0.360 e. The molecule has 0 unspecified atom stereocenters. The van der Waals surface area contributed by atoms with Crippen molar-refractivity contribution in [3.8, 4) is 0 Å². The fourth-order valence-electron chi connectivity index (χ4n) is 2.99. The lowest BCUT2D eigenvalue weighted by atomic mass is 10.2. The zero-order valence-corrected chi connectivity index (χ0v) is 19.0. The van der Waals surface area contributed by atoms with Crippen molar-refractivity contribution >= 4 is 56.0 Å². The molecule has 31 heavy (non-hydrogen) atoms. The third-order valence-corrected chi connectivity index (χ3v) is 6.32. The summed E-state index contributed by atoms with van der Waals surface area (Å²) in [4.78, 5) is 22.7.